The number of hydrogen-bond acceptors (Lipinski definition) is 8. The van der Waals surface area contributed by atoms with Gasteiger partial charge in [-0.1, -0.05) is 71.7 Å². The maximum absolute atomic E-state index is 14.6. The van der Waals surface area contributed by atoms with Crippen molar-refractivity contribution in [3.63, 3.8) is 0 Å². The van der Waals surface area contributed by atoms with Gasteiger partial charge in [-0.25, -0.2) is 9.80 Å². The lowest BCUT2D eigenvalue weighted by Crippen LogP contribution is -2.52. The van der Waals surface area contributed by atoms with Gasteiger partial charge in [-0.3, -0.25) is 29.3 Å². The maximum Gasteiger partial charge on any atom is 0.343 e. The van der Waals surface area contributed by atoms with Gasteiger partial charge in [0.1, 0.15) is 12.3 Å². The lowest BCUT2D eigenvalue weighted by molar-refractivity contribution is -0.384. The molecule has 4 aliphatic rings. The second-order valence-electron chi connectivity index (χ2n) is 12.9. The van der Waals surface area contributed by atoms with E-state index in [1.54, 1.807) is 0 Å². The van der Waals surface area contributed by atoms with Gasteiger partial charge >= 0.3 is 5.97 Å². The molecule has 0 N–H and O–H groups in total. The summed E-state index contributed by atoms with van der Waals surface area (Å²) in [4.78, 5) is 80.3. The van der Waals surface area contributed by atoms with E-state index < -0.39 is 64.6 Å². The number of ether oxygens (including phenoxy) is 1. The number of imide groups is 1. The SMILES string of the molecule is O=C(CN(C(=O)c1ccc(Cl)cc1Cl)N1C(=O)[C@H]2C3c4ccccc4C(c4ccccc43)[C@@H]2C1=O)c1ccc(OC(=O)c2ccc([N+](=O)[O-])cc2)cc1. The van der Waals surface area contributed by atoms with E-state index in [0.29, 0.717) is 0 Å². The molecule has 2 bridgehead atoms. The molecular formula is C40H25Cl2N3O8. The van der Waals surface area contributed by atoms with Gasteiger partial charge in [0.2, 0.25) is 0 Å². The van der Waals surface area contributed by atoms with E-state index in [9.17, 15) is 34.1 Å². The second-order valence-corrected chi connectivity index (χ2v) is 13.7. The van der Waals surface area contributed by atoms with Crippen LogP contribution in [0.1, 0.15) is 65.2 Å². The Balaban J connectivity index is 1.10. The quantitative estimate of drug-likeness (QED) is 0.0403. The van der Waals surface area contributed by atoms with Crippen molar-refractivity contribution in [2.24, 2.45) is 11.8 Å². The van der Waals surface area contributed by atoms with E-state index in [1.165, 1.54) is 66.7 Å². The topological polar surface area (TPSA) is 144 Å². The van der Waals surface area contributed by atoms with Crippen molar-refractivity contribution in [1.82, 2.24) is 10.0 Å². The maximum atomic E-state index is 14.6. The number of nitro groups is 1. The van der Waals surface area contributed by atoms with Gasteiger partial charge in [0.05, 0.1) is 32.9 Å². The van der Waals surface area contributed by atoms with Crippen molar-refractivity contribution in [2.75, 3.05) is 6.54 Å². The van der Waals surface area contributed by atoms with Gasteiger partial charge in [-0.15, -0.1) is 0 Å². The third kappa shape index (κ3) is 5.65. The molecule has 5 aromatic rings. The number of benzene rings is 5. The fourth-order valence-electron chi connectivity index (χ4n) is 7.76. The van der Waals surface area contributed by atoms with Crippen LogP contribution in [0.2, 0.25) is 10.0 Å². The molecule has 1 saturated heterocycles. The standard InChI is InChI=1S/C40H25Cl2N3O8/c41-23-13-18-30(31(42)19-23)37(47)43(20-32(46)21-11-16-25(17-12-21)53-40(50)22-9-14-24(15-10-22)45(51)52)44-38(48)35-33-26-5-1-2-6-27(26)34(36(35)39(44)49)29-8-4-3-7-28(29)33/h1-19,33-36H,20H2/t33?,34?,35-,36-/m0/s1. The number of nitro benzene ring substituents is 1. The van der Waals surface area contributed by atoms with Crippen LogP contribution in [0.15, 0.2) is 115 Å². The Morgan fingerprint density at radius 2 is 1.23 bits per heavy atom. The monoisotopic (exact) mass is 745 g/mol. The molecule has 1 aliphatic heterocycles. The Hall–Kier alpha value is -6.17. The summed E-state index contributed by atoms with van der Waals surface area (Å²) in [5.74, 6) is -5.87. The van der Waals surface area contributed by atoms with Gasteiger partial charge in [0.15, 0.2) is 5.78 Å². The molecule has 0 spiro atoms. The van der Waals surface area contributed by atoms with E-state index in [4.69, 9.17) is 27.9 Å². The summed E-state index contributed by atoms with van der Waals surface area (Å²) in [5.41, 5.74) is 3.71. The summed E-state index contributed by atoms with van der Waals surface area (Å²) in [6.07, 6.45) is 0. The van der Waals surface area contributed by atoms with Crippen LogP contribution < -0.4 is 4.74 Å². The van der Waals surface area contributed by atoms with E-state index in [2.05, 4.69) is 0 Å². The van der Waals surface area contributed by atoms with E-state index >= 15 is 0 Å². The number of halogens is 2. The number of carbonyl (C=O) groups is 5. The minimum atomic E-state index is -0.851. The smallest absolute Gasteiger partial charge is 0.343 e. The molecule has 9 rings (SSSR count). The Morgan fingerprint density at radius 3 is 1.72 bits per heavy atom. The average molecular weight is 747 g/mol. The molecule has 1 fully saturated rings. The summed E-state index contributed by atoms with van der Waals surface area (Å²) in [5, 5.41) is 12.8. The molecule has 13 heteroatoms. The number of rotatable bonds is 8. The van der Waals surface area contributed by atoms with Crippen LogP contribution in [-0.4, -0.2) is 51.0 Å². The molecule has 3 amide bonds. The highest BCUT2D eigenvalue weighted by molar-refractivity contribution is 6.36. The third-order valence-corrected chi connectivity index (χ3v) is 10.6. The highest BCUT2D eigenvalue weighted by Gasteiger charge is 2.63. The molecule has 3 aliphatic carbocycles. The number of Topliss-reactive ketones (excluding diaryl/α,β-unsaturated/α-hetero) is 1. The number of amides is 3. The molecule has 11 nitrogen and oxygen atoms in total. The van der Waals surface area contributed by atoms with Gasteiger partial charge in [0.25, 0.3) is 23.4 Å². The predicted molar refractivity (Wildman–Crippen MR) is 192 cm³/mol. The number of esters is 1. The van der Waals surface area contributed by atoms with Crippen molar-refractivity contribution in [2.45, 2.75) is 11.8 Å². The van der Waals surface area contributed by atoms with Crippen LogP contribution in [0.5, 0.6) is 5.75 Å². The molecule has 0 aromatic heterocycles. The number of hydrazine groups is 1. The first-order chi connectivity index (χ1) is 25.5. The molecule has 5 aromatic carbocycles. The number of non-ortho nitro benzene ring substituents is 1. The van der Waals surface area contributed by atoms with Gasteiger partial charge in [0, 0.05) is 34.6 Å². The predicted octanol–water partition coefficient (Wildman–Crippen LogP) is 7.25. The van der Waals surface area contributed by atoms with Crippen LogP contribution >= 0.6 is 23.2 Å². The zero-order chi connectivity index (χ0) is 37.1. The zero-order valence-electron chi connectivity index (χ0n) is 27.3. The summed E-state index contributed by atoms with van der Waals surface area (Å²) >= 11 is 12.6. The Bertz CT molecular complexity index is 2280. The van der Waals surface area contributed by atoms with E-state index in [1.807, 2.05) is 48.5 Å². The first-order valence-electron chi connectivity index (χ1n) is 16.5. The number of hydrogen-bond donors (Lipinski definition) is 0. The first-order valence-corrected chi connectivity index (χ1v) is 17.2. The van der Waals surface area contributed by atoms with Crippen LogP contribution in [0.3, 0.4) is 0 Å². The molecule has 0 radical (unpaired) electrons. The molecule has 0 unspecified atom stereocenters. The number of nitrogens with zero attached hydrogens (tertiary/aromatic N) is 3. The highest BCUT2D eigenvalue weighted by Crippen LogP contribution is 2.61. The summed E-state index contributed by atoms with van der Waals surface area (Å²) in [6.45, 7) is -0.703. The van der Waals surface area contributed by atoms with Crippen molar-refractivity contribution in [1.29, 1.82) is 0 Å². The fraction of sp³-hybridized carbons (Fsp3) is 0.125. The average Bonchev–Trinajstić information content (AvgIpc) is 3.43. The van der Waals surface area contributed by atoms with E-state index in [-0.39, 0.29) is 38.2 Å². The lowest BCUT2D eigenvalue weighted by Gasteiger charge is -2.45. The molecule has 0 saturated carbocycles. The van der Waals surface area contributed by atoms with Gasteiger partial charge < -0.3 is 4.74 Å². The summed E-state index contributed by atoms with van der Waals surface area (Å²) in [6, 6.07) is 30.0. The van der Waals surface area contributed by atoms with Gasteiger partial charge in [-0.05, 0) is 76.9 Å². The normalized spacial score (nSPS) is 19.2. The highest BCUT2D eigenvalue weighted by atomic mass is 35.5. The Kier molecular flexibility index (Phi) is 8.39. The van der Waals surface area contributed by atoms with Gasteiger partial charge in [-0.2, -0.15) is 5.01 Å². The van der Waals surface area contributed by atoms with Crippen molar-refractivity contribution >= 4 is 58.4 Å². The zero-order valence-corrected chi connectivity index (χ0v) is 28.9. The Labute approximate surface area is 311 Å². The summed E-state index contributed by atoms with van der Waals surface area (Å²) in [7, 11) is 0. The second kappa shape index (κ2) is 13.1. The minimum absolute atomic E-state index is 0.0319. The molecule has 262 valence electrons. The minimum Gasteiger partial charge on any atom is -0.423 e. The first kappa shape index (κ1) is 33.9. The number of carbonyl (C=O) groups excluding carboxylic acids is 5. The fourth-order valence-corrected chi connectivity index (χ4v) is 8.25. The third-order valence-electron chi connectivity index (χ3n) is 10.1. The Morgan fingerprint density at radius 1 is 0.717 bits per heavy atom. The number of ketones is 1. The molecule has 2 atom stereocenters. The van der Waals surface area contributed by atoms with Crippen molar-refractivity contribution in [3.8, 4) is 5.75 Å². The van der Waals surface area contributed by atoms with Crippen LogP contribution in [0.25, 0.3) is 0 Å². The van der Waals surface area contributed by atoms with Crippen LogP contribution in [-0.2, 0) is 9.59 Å². The molecular weight excluding hydrogens is 721 g/mol. The summed E-state index contributed by atoms with van der Waals surface area (Å²) < 4.78 is 5.37. The molecule has 1 heterocycles. The van der Waals surface area contributed by atoms with E-state index in [0.717, 1.165) is 32.3 Å². The lowest BCUT2D eigenvalue weighted by atomic mass is 9.55. The molecule has 53 heavy (non-hydrogen) atoms. The van der Waals surface area contributed by atoms with Crippen LogP contribution in [0, 0.1) is 22.0 Å². The van der Waals surface area contributed by atoms with Crippen molar-refractivity contribution < 1.29 is 33.6 Å². The largest absolute Gasteiger partial charge is 0.423 e. The van der Waals surface area contributed by atoms with Crippen molar-refractivity contribution in [3.05, 3.63) is 174 Å². The van der Waals surface area contributed by atoms with Crippen LogP contribution in [0.4, 0.5) is 5.69 Å².